The van der Waals surface area contributed by atoms with Crippen LogP contribution in [0.25, 0.3) is 0 Å². The number of hydrogen-bond donors (Lipinski definition) is 2. The van der Waals surface area contributed by atoms with Gasteiger partial charge in [-0.05, 0) is 29.8 Å². The summed E-state index contributed by atoms with van der Waals surface area (Å²) in [5.74, 6) is -2.30. The van der Waals surface area contributed by atoms with E-state index in [1.807, 2.05) is 0 Å². The Kier molecular flexibility index (Phi) is 4.30. The SMILES string of the molecule is CS(=O)(=O)c1ccccc1NC(=O)C1CC(=O)Nc2cc(F)ccc21. The van der Waals surface area contributed by atoms with Gasteiger partial charge in [-0.25, -0.2) is 12.8 Å². The summed E-state index contributed by atoms with van der Waals surface area (Å²) in [7, 11) is -3.53. The summed E-state index contributed by atoms with van der Waals surface area (Å²) in [4.78, 5) is 24.5. The second kappa shape index (κ2) is 6.29. The molecule has 6 nitrogen and oxygen atoms in total. The lowest BCUT2D eigenvalue weighted by Crippen LogP contribution is -2.31. The van der Waals surface area contributed by atoms with Crippen LogP contribution in [0.4, 0.5) is 15.8 Å². The minimum atomic E-state index is -3.53. The molecule has 1 atom stereocenters. The van der Waals surface area contributed by atoms with Crippen molar-refractivity contribution in [3.63, 3.8) is 0 Å². The van der Waals surface area contributed by atoms with Gasteiger partial charge in [0.05, 0.1) is 16.5 Å². The van der Waals surface area contributed by atoms with Crippen molar-refractivity contribution in [1.82, 2.24) is 0 Å². The van der Waals surface area contributed by atoms with Gasteiger partial charge in [-0.3, -0.25) is 9.59 Å². The topological polar surface area (TPSA) is 92.3 Å². The van der Waals surface area contributed by atoms with E-state index in [-0.39, 0.29) is 22.7 Å². The van der Waals surface area contributed by atoms with Gasteiger partial charge < -0.3 is 10.6 Å². The fourth-order valence-electron chi connectivity index (χ4n) is 2.78. The highest BCUT2D eigenvalue weighted by molar-refractivity contribution is 7.90. The molecule has 2 N–H and O–H groups in total. The van der Waals surface area contributed by atoms with Crippen LogP contribution in [0.3, 0.4) is 0 Å². The third kappa shape index (κ3) is 3.53. The number of rotatable bonds is 3. The Hall–Kier alpha value is -2.74. The lowest BCUT2D eigenvalue weighted by Gasteiger charge is -2.25. The number of halogens is 1. The quantitative estimate of drug-likeness (QED) is 0.876. The van der Waals surface area contributed by atoms with Crippen LogP contribution < -0.4 is 10.6 Å². The average Bonchev–Trinajstić information content (AvgIpc) is 2.53. The minimum Gasteiger partial charge on any atom is -0.326 e. The number of amides is 2. The van der Waals surface area contributed by atoms with Crippen LogP contribution in [0, 0.1) is 5.82 Å². The van der Waals surface area contributed by atoms with Crippen molar-refractivity contribution in [2.24, 2.45) is 0 Å². The maximum Gasteiger partial charge on any atom is 0.232 e. The number of carbonyl (C=O) groups is 2. The van der Waals surface area contributed by atoms with Crippen LogP contribution in [-0.4, -0.2) is 26.5 Å². The third-order valence-electron chi connectivity index (χ3n) is 3.92. The van der Waals surface area contributed by atoms with Crippen molar-refractivity contribution in [2.75, 3.05) is 16.9 Å². The Morgan fingerprint density at radius 1 is 1.24 bits per heavy atom. The molecule has 0 saturated carbocycles. The zero-order valence-electron chi connectivity index (χ0n) is 13.2. The molecule has 25 heavy (non-hydrogen) atoms. The first-order valence-electron chi connectivity index (χ1n) is 7.45. The fourth-order valence-corrected chi connectivity index (χ4v) is 3.63. The molecule has 1 heterocycles. The van der Waals surface area contributed by atoms with Gasteiger partial charge >= 0.3 is 0 Å². The highest BCUT2D eigenvalue weighted by atomic mass is 32.2. The van der Waals surface area contributed by atoms with Crippen molar-refractivity contribution in [1.29, 1.82) is 0 Å². The van der Waals surface area contributed by atoms with Gasteiger partial charge in [0.15, 0.2) is 9.84 Å². The molecule has 2 amide bonds. The highest BCUT2D eigenvalue weighted by Crippen LogP contribution is 2.34. The summed E-state index contributed by atoms with van der Waals surface area (Å²) in [5, 5.41) is 5.10. The standard InChI is InChI=1S/C17H15FN2O4S/c1-25(23,24)15-5-3-2-4-13(15)20-17(22)12-9-16(21)19-14-8-10(18)6-7-11(12)14/h2-8,12H,9H2,1H3,(H,19,21)(H,20,22). The van der Waals surface area contributed by atoms with Gasteiger partial charge in [-0.2, -0.15) is 0 Å². The number of carbonyl (C=O) groups excluding carboxylic acids is 2. The molecular weight excluding hydrogens is 347 g/mol. The minimum absolute atomic E-state index is 0.0112. The number of nitrogens with one attached hydrogen (secondary N) is 2. The molecule has 0 aliphatic carbocycles. The third-order valence-corrected chi connectivity index (χ3v) is 5.07. The number of anilines is 2. The Morgan fingerprint density at radius 2 is 1.96 bits per heavy atom. The summed E-state index contributed by atoms with van der Waals surface area (Å²) < 4.78 is 37.0. The van der Waals surface area contributed by atoms with Crippen molar-refractivity contribution in [2.45, 2.75) is 17.2 Å². The molecule has 1 aliphatic heterocycles. The van der Waals surface area contributed by atoms with Gasteiger partial charge in [0, 0.05) is 18.4 Å². The van der Waals surface area contributed by atoms with Crippen molar-refractivity contribution < 1.29 is 22.4 Å². The lowest BCUT2D eigenvalue weighted by atomic mass is 9.89. The number of benzene rings is 2. The average molecular weight is 362 g/mol. The number of hydrogen-bond acceptors (Lipinski definition) is 4. The number of para-hydroxylation sites is 1. The zero-order valence-corrected chi connectivity index (χ0v) is 14.1. The van der Waals surface area contributed by atoms with Crippen LogP contribution in [0.5, 0.6) is 0 Å². The maximum atomic E-state index is 13.4. The first-order valence-corrected chi connectivity index (χ1v) is 9.34. The van der Waals surface area contributed by atoms with Crippen molar-refractivity contribution in [3.8, 4) is 0 Å². The Balaban J connectivity index is 1.95. The van der Waals surface area contributed by atoms with E-state index in [1.165, 1.54) is 24.3 Å². The van der Waals surface area contributed by atoms with E-state index in [9.17, 15) is 22.4 Å². The predicted molar refractivity (Wildman–Crippen MR) is 90.6 cm³/mol. The lowest BCUT2D eigenvalue weighted by molar-refractivity contribution is -0.123. The fraction of sp³-hybridized carbons (Fsp3) is 0.176. The van der Waals surface area contributed by atoms with Gasteiger partial charge in [0.1, 0.15) is 5.82 Å². The molecule has 0 bridgehead atoms. The molecule has 0 saturated heterocycles. The normalized spacial score (nSPS) is 16.7. The Labute approximate surface area is 144 Å². The first kappa shape index (κ1) is 17.1. The van der Waals surface area contributed by atoms with Crippen LogP contribution >= 0.6 is 0 Å². The van der Waals surface area contributed by atoms with Gasteiger partial charge in [0.2, 0.25) is 11.8 Å². The summed E-state index contributed by atoms with van der Waals surface area (Å²) in [6, 6.07) is 9.82. The van der Waals surface area contributed by atoms with Gasteiger partial charge in [-0.15, -0.1) is 0 Å². The first-order chi connectivity index (χ1) is 11.8. The van der Waals surface area contributed by atoms with E-state index in [4.69, 9.17) is 0 Å². The summed E-state index contributed by atoms with van der Waals surface area (Å²) >= 11 is 0. The second-order valence-electron chi connectivity index (χ2n) is 5.79. The molecular formula is C17H15FN2O4S. The Morgan fingerprint density at radius 3 is 2.68 bits per heavy atom. The zero-order chi connectivity index (χ0) is 18.2. The van der Waals surface area contributed by atoms with Crippen molar-refractivity contribution in [3.05, 3.63) is 53.8 Å². The van der Waals surface area contributed by atoms with Crippen LogP contribution in [0.2, 0.25) is 0 Å². The molecule has 0 fully saturated rings. The summed E-state index contributed by atoms with van der Waals surface area (Å²) in [6.07, 6.45) is 0.940. The Bertz CT molecular complexity index is 972. The molecule has 3 rings (SSSR count). The monoisotopic (exact) mass is 362 g/mol. The summed E-state index contributed by atoms with van der Waals surface area (Å²) in [6.45, 7) is 0. The molecule has 0 spiro atoms. The van der Waals surface area contributed by atoms with Gasteiger partial charge in [-0.1, -0.05) is 18.2 Å². The predicted octanol–water partition coefficient (Wildman–Crippen LogP) is 2.29. The van der Waals surface area contributed by atoms with E-state index < -0.39 is 33.4 Å². The molecule has 2 aromatic rings. The van der Waals surface area contributed by atoms with E-state index >= 15 is 0 Å². The van der Waals surface area contributed by atoms with E-state index in [0.717, 1.165) is 12.3 Å². The molecule has 2 aromatic carbocycles. The summed E-state index contributed by atoms with van der Waals surface area (Å²) in [5.41, 5.74) is 0.868. The number of fused-ring (bicyclic) bond motifs is 1. The van der Waals surface area contributed by atoms with Crippen LogP contribution in [0.15, 0.2) is 47.4 Å². The molecule has 1 unspecified atom stereocenters. The number of sulfone groups is 1. The molecule has 0 radical (unpaired) electrons. The van der Waals surface area contributed by atoms with Crippen molar-refractivity contribution >= 4 is 33.0 Å². The van der Waals surface area contributed by atoms with Crippen LogP contribution in [0.1, 0.15) is 17.9 Å². The maximum absolute atomic E-state index is 13.4. The molecule has 0 aromatic heterocycles. The molecule has 8 heteroatoms. The van der Waals surface area contributed by atoms with E-state index in [1.54, 1.807) is 12.1 Å². The molecule has 1 aliphatic rings. The van der Waals surface area contributed by atoms with Crippen LogP contribution in [-0.2, 0) is 19.4 Å². The largest absolute Gasteiger partial charge is 0.326 e. The molecule has 130 valence electrons. The second-order valence-corrected chi connectivity index (χ2v) is 7.78. The highest BCUT2D eigenvalue weighted by Gasteiger charge is 2.31. The van der Waals surface area contributed by atoms with E-state index in [0.29, 0.717) is 5.56 Å². The van der Waals surface area contributed by atoms with E-state index in [2.05, 4.69) is 10.6 Å². The van der Waals surface area contributed by atoms with Gasteiger partial charge in [0.25, 0.3) is 0 Å². The smallest absolute Gasteiger partial charge is 0.232 e.